The van der Waals surface area contributed by atoms with Crippen molar-refractivity contribution in [1.82, 2.24) is 0 Å². The maximum atomic E-state index is 12.6. The second-order valence-corrected chi connectivity index (χ2v) is 6.59. The highest BCUT2D eigenvalue weighted by Gasteiger charge is 2.34. The Balaban J connectivity index is 2.16. The van der Waals surface area contributed by atoms with E-state index >= 15 is 0 Å². The minimum absolute atomic E-state index is 0.133. The molecule has 0 heterocycles. The van der Waals surface area contributed by atoms with Gasteiger partial charge in [0.25, 0.3) is 0 Å². The average Bonchev–Trinajstić information content (AvgIpc) is 2.40. The van der Waals surface area contributed by atoms with E-state index in [1.54, 1.807) is 7.11 Å². The first-order valence-corrected chi connectivity index (χ1v) is 7.70. The van der Waals surface area contributed by atoms with Gasteiger partial charge in [0.05, 0.1) is 7.11 Å². The molecule has 1 aliphatic carbocycles. The highest BCUT2D eigenvalue weighted by atomic mass is 79.9. The Hall–Kier alpha value is -0.830. The smallest absolute Gasteiger partial charge is 0.143 e. The number of hydrogen-bond acceptors (Lipinski definition) is 2. The van der Waals surface area contributed by atoms with Gasteiger partial charge in [-0.25, -0.2) is 0 Å². The third-order valence-electron chi connectivity index (χ3n) is 4.22. The summed E-state index contributed by atoms with van der Waals surface area (Å²) in [4.78, 5) is 12.6. The zero-order valence-corrected chi connectivity index (χ0v) is 13.3. The standard InChI is InChI=1S/C16H21BrO2/c1-16(8-4-3-5-9-16)15(18)11-12-10-13(17)6-7-14(12)19-2/h6-7,10H,3-5,8-9,11H2,1-2H3. The molecular weight excluding hydrogens is 304 g/mol. The van der Waals surface area contributed by atoms with Crippen LogP contribution in [0.25, 0.3) is 0 Å². The first-order chi connectivity index (χ1) is 9.05. The molecule has 0 amide bonds. The lowest BCUT2D eigenvalue weighted by atomic mass is 9.71. The van der Waals surface area contributed by atoms with Gasteiger partial charge in [-0.15, -0.1) is 0 Å². The molecule has 3 heteroatoms. The van der Waals surface area contributed by atoms with E-state index < -0.39 is 0 Å². The Morgan fingerprint density at radius 3 is 2.63 bits per heavy atom. The molecule has 1 aromatic carbocycles. The third kappa shape index (κ3) is 3.38. The summed E-state index contributed by atoms with van der Waals surface area (Å²) in [7, 11) is 1.65. The molecule has 0 atom stereocenters. The number of carbonyl (C=O) groups excluding carboxylic acids is 1. The molecule has 2 nitrogen and oxygen atoms in total. The fraction of sp³-hybridized carbons (Fsp3) is 0.562. The van der Waals surface area contributed by atoms with Crippen LogP contribution in [-0.4, -0.2) is 12.9 Å². The van der Waals surface area contributed by atoms with Crippen LogP contribution in [0, 0.1) is 5.41 Å². The molecule has 19 heavy (non-hydrogen) atoms. The van der Waals surface area contributed by atoms with Gasteiger partial charge in [0.15, 0.2) is 0 Å². The maximum Gasteiger partial charge on any atom is 0.143 e. The fourth-order valence-corrected chi connectivity index (χ4v) is 3.29. The zero-order valence-electron chi connectivity index (χ0n) is 11.7. The van der Waals surface area contributed by atoms with Crippen LogP contribution in [0.4, 0.5) is 0 Å². The Morgan fingerprint density at radius 1 is 1.32 bits per heavy atom. The van der Waals surface area contributed by atoms with E-state index in [4.69, 9.17) is 4.74 Å². The Morgan fingerprint density at radius 2 is 2.00 bits per heavy atom. The molecule has 1 aliphatic rings. The number of ketones is 1. The molecule has 0 radical (unpaired) electrons. The van der Waals surface area contributed by atoms with Crippen molar-refractivity contribution in [3.63, 3.8) is 0 Å². The largest absolute Gasteiger partial charge is 0.496 e. The van der Waals surface area contributed by atoms with E-state index in [1.807, 2.05) is 18.2 Å². The quantitative estimate of drug-likeness (QED) is 0.812. The first kappa shape index (κ1) is 14.6. The van der Waals surface area contributed by atoms with Gasteiger partial charge >= 0.3 is 0 Å². The summed E-state index contributed by atoms with van der Waals surface area (Å²) in [6, 6.07) is 5.84. The van der Waals surface area contributed by atoms with Gasteiger partial charge in [-0.2, -0.15) is 0 Å². The summed E-state index contributed by atoms with van der Waals surface area (Å²) in [5.41, 5.74) is 0.847. The van der Waals surface area contributed by atoms with Crippen molar-refractivity contribution >= 4 is 21.7 Å². The van der Waals surface area contributed by atoms with Gasteiger partial charge in [-0.05, 0) is 31.0 Å². The summed E-state index contributed by atoms with van der Waals surface area (Å²) >= 11 is 3.46. The topological polar surface area (TPSA) is 26.3 Å². The van der Waals surface area contributed by atoms with Crippen LogP contribution in [0.15, 0.2) is 22.7 Å². The SMILES string of the molecule is COc1ccc(Br)cc1CC(=O)C1(C)CCCCC1. The van der Waals surface area contributed by atoms with Gasteiger partial charge in [0.2, 0.25) is 0 Å². The summed E-state index contributed by atoms with van der Waals surface area (Å²) in [6.07, 6.45) is 6.15. The molecule has 1 fully saturated rings. The van der Waals surface area contributed by atoms with Crippen molar-refractivity contribution in [3.05, 3.63) is 28.2 Å². The van der Waals surface area contributed by atoms with E-state index in [-0.39, 0.29) is 5.41 Å². The van der Waals surface area contributed by atoms with E-state index in [1.165, 1.54) is 19.3 Å². The summed E-state index contributed by atoms with van der Waals surface area (Å²) < 4.78 is 6.34. The number of Topliss-reactive ketones (excluding diaryl/α,β-unsaturated/α-hetero) is 1. The number of halogens is 1. The Bertz CT molecular complexity index is 462. The normalized spacial score (nSPS) is 18.1. The molecule has 0 aromatic heterocycles. The maximum absolute atomic E-state index is 12.6. The van der Waals surface area contributed by atoms with Crippen LogP contribution in [0.3, 0.4) is 0 Å². The molecule has 0 unspecified atom stereocenters. The van der Waals surface area contributed by atoms with Crippen LogP contribution in [-0.2, 0) is 11.2 Å². The molecule has 0 spiro atoms. The summed E-state index contributed by atoms with van der Waals surface area (Å²) in [5.74, 6) is 1.15. The molecule has 0 aliphatic heterocycles. The first-order valence-electron chi connectivity index (χ1n) is 6.91. The lowest BCUT2D eigenvalue weighted by Crippen LogP contribution is -2.31. The third-order valence-corrected chi connectivity index (χ3v) is 4.72. The van der Waals surface area contributed by atoms with Crippen LogP contribution in [0.2, 0.25) is 0 Å². The number of rotatable bonds is 4. The number of methoxy groups -OCH3 is 1. The van der Waals surface area contributed by atoms with Crippen LogP contribution in [0.1, 0.15) is 44.6 Å². The molecule has 104 valence electrons. The lowest BCUT2D eigenvalue weighted by Gasteiger charge is -2.32. The molecule has 0 bridgehead atoms. The monoisotopic (exact) mass is 324 g/mol. The predicted molar refractivity (Wildman–Crippen MR) is 80.6 cm³/mol. The second kappa shape index (κ2) is 6.08. The lowest BCUT2D eigenvalue weighted by molar-refractivity contribution is -0.128. The van der Waals surface area contributed by atoms with Crippen LogP contribution in [0.5, 0.6) is 5.75 Å². The van der Waals surface area contributed by atoms with Crippen LogP contribution < -0.4 is 4.74 Å². The van der Waals surface area contributed by atoms with Crippen molar-refractivity contribution in [2.24, 2.45) is 5.41 Å². The zero-order chi connectivity index (χ0) is 13.9. The van der Waals surface area contributed by atoms with Gasteiger partial charge in [-0.3, -0.25) is 4.79 Å². The molecule has 1 saturated carbocycles. The summed E-state index contributed by atoms with van der Waals surface area (Å²) in [6.45, 7) is 2.12. The van der Waals surface area contributed by atoms with Crippen LogP contribution >= 0.6 is 15.9 Å². The number of ether oxygens (including phenoxy) is 1. The van der Waals surface area contributed by atoms with Gasteiger partial charge in [0.1, 0.15) is 11.5 Å². The molecule has 1 aromatic rings. The molecule has 0 saturated heterocycles. The van der Waals surface area contributed by atoms with Crippen molar-refractivity contribution in [3.8, 4) is 5.75 Å². The molecule has 0 N–H and O–H groups in total. The van der Waals surface area contributed by atoms with E-state index in [0.29, 0.717) is 12.2 Å². The Kier molecular flexibility index (Phi) is 4.67. The van der Waals surface area contributed by atoms with E-state index in [9.17, 15) is 4.79 Å². The van der Waals surface area contributed by atoms with Crippen molar-refractivity contribution in [2.45, 2.75) is 45.4 Å². The van der Waals surface area contributed by atoms with Gasteiger partial charge < -0.3 is 4.74 Å². The van der Waals surface area contributed by atoms with E-state index in [0.717, 1.165) is 28.6 Å². The Labute approximate surface area is 123 Å². The molecule has 2 rings (SSSR count). The molecular formula is C16H21BrO2. The number of carbonyl (C=O) groups is 1. The average molecular weight is 325 g/mol. The van der Waals surface area contributed by atoms with Gasteiger partial charge in [0, 0.05) is 21.9 Å². The highest BCUT2D eigenvalue weighted by molar-refractivity contribution is 9.10. The number of hydrogen-bond donors (Lipinski definition) is 0. The van der Waals surface area contributed by atoms with Crippen molar-refractivity contribution in [1.29, 1.82) is 0 Å². The summed E-state index contributed by atoms with van der Waals surface area (Å²) in [5, 5.41) is 0. The second-order valence-electron chi connectivity index (χ2n) is 5.68. The van der Waals surface area contributed by atoms with Crippen molar-refractivity contribution in [2.75, 3.05) is 7.11 Å². The van der Waals surface area contributed by atoms with Gasteiger partial charge in [-0.1, -0.05) is 42.1 Å². The minimum atomic E-state index is -0.133. The van der Waals surface area contributed by atoms with Crippen molar-refractivity contribution < 1.29 is 9.53 Å². The highest BCUT2D eigenvalue weighted by Crippen LogP contribution is 2.38. The predicted octanol–water partition coefficient (Wildman–Crippen LogP) is 4.54. The number of benzene rings is 1. The van der Waals surface area contributed by atoms with E-state index in [2.05, 4.69) is 22.9 Å². The minimum Gasteiger partial charge on any atom is -0.496 e. The fourth-order valence-electron chi connectivity index (χ4n) is 2.88.